The van der Waals surface area contributed by atoms with Crippen LogP contribution in [0.25, 0.3) is 21.5 Å². The molecule has 2 aromatic heterocycles. The van der Waals surface area contributed by atoms with Gasteiger partial charge in [0.2, 0.25) is 0 Å². The Balaban J connectivity index is 1.46. The number of benzene rings is 2. The first-order chi connectivity index (χ1) is 14.8. The van der Waals surface area contributed by atoms with E-state index in [4.69, 9.17) is 4.63 Å². The quantitative estimate of drug-likeness (QED) is 0.456. The minimum Gasteiger partial charge on any atom is -0.480 e. The average Bonchev–Trinajstić information content (AvgIpc) is 3.18. The van der Waals surface area contributed by atoms with E-state index in [1.807, 2.05) is 30.3 Å². The molecule has 0 saturated heterocycles. The van der Waals surface area contributed by atoms with E-state index in [1.54, 1.807) is 31.2 Å². The first-order valence-corrected chi connectivity index (χ1v) is 11.8. The van der Waals surface area contributed by atoms with Crippen LogP contribution in [0.3, 0.4) is 0 Å². The highest BCUT2D eigenvalue weighted by Gasteiger charge is 2.70. The lowest BCUT2D eigenvalue weighted by molar-refractivity contribution is -0.140. The predicted octanol–water partition coefficient (Wildman–Crippen LogP) is 3.49. The third-order valence-electron chi connectivity index (χ3n) is 5.80. The fraction of sp³-hybridized carbons (Fsp3) is 0.190. The number of sulfonamides is 1. The molecular formula is C21H17N3O5S2. The summed E-state index contributed by atoms with van der Waals surface area (Å²) in [5, 5.41) is 17.5. The zero-order valence-electron chi connectivity index (χ0n) is 16.2. The standard InChI is InChI=1S/C21H17N3O5S2/c1-12-19(13-5-3-2-4-6-13)21(12,20(25)26)24-31(27,28)18-10-9-17(30-18)14-7-8-15-16(11-14)23-29-22-15/h2-12,19,24H,1H3,(H,25,26)/t12?,19-,21+/m1/s1. The van der Waals surface area contributed by atoms with Gasteiger partial charge in [0.05, 0.1) is 0 Å². The second-order valence-corrected chi connectivity index (χ2v) is 10.5. The van der Waals surface area contributed by atoms with Crippen LogP contribution in [0.4, 0.5) is 0 Å². The molecule has 1 fully saturated rings. The number of carboxylic acids is 1. The molecule has 31 heavy (non-hydrogen) atoms. The van der Waals surface area contributed by atoms with Gasteiger partial charge in [-0.1, -0.05) is 43.3 Å². The van der Waals surface area contributed by atoms with E-state index in [0.29, 0.717) is 15.9 Å². The summed E-state index contributed by atoms with van der Waals surface area (Å²) >= 11 is 1.06. The van der Waals surface area contributed by atoms with Crippen molar-refractivity contribution in [1.29, 1.82) is 0 Å². The Kier molecular flexibility index (Phi) is 4.47. The molecule has 1 aliphatic carbocycles. The third kappa shape index (κ3) is 3.14. The first-order valence-electron chi connectivity index (χ1n) is 9.48. The number of nitrogens with zero attached hydrogens (tertiary/aromatic N) is 2. The number of thiophene rings is 1. The maximum atomic E-state index is 13.1. The Hall–Kier alpha value is -3.08. The van der Waals surface area contributed by atoms with E-state index in [0.717, 1.165) is 22.5 Å². The van der Waals surface area contributed by atoms with Crippen LogP contribution in [0.1, 0.15) is 18.4 Å². The minimum absolute atomic E-state index is 0.0485. The normalized spacial score (nSPS) is 23.1. The lowest BCUT2D eigenvalue weighted by atomic mass is 10.1. The number of aliphatic carboxylic acids is 1. The molecule has 8 nitrogen and oxygen atoms in total. The number of fused-ring (bicyclic) bond motifs is 1. The number of carbonyl (C=O) groups is 1. The van der Waals surface area contributed by atoms with Gasteiger partial charge in [-0.3, -0.25) is 4.79 Å². The molecule has 5 rings (SSSR count). The fourth-order valence-corrected chi connectivity index (χ4v) is 6.89. The zero-order valence-corrected chi connectivity index (χ0v) is 17.9. The van der Waals surface area contributed by atoms with Crippen molar-refractivity contribution < 1.29 is 22.9 Å². The van der Waals surface area contributed by atoms with Crippen LogP contribution in [0.5, 0.6) is 0 Å². The summed E-state index contributed by atoms with van der Waals surface area (Å²) in [7, 11) is -4.05. The molecule has 3 atom stereocenters. The summed E-state index contributed by atoms with van der Waals surface area (Å²) in [4.78, 5) is 12.9. The summed E-state index contributed by atoms with van der Waals surface area (Å²) in [6.45, 7) is 1.75. The van der Waals surface area contributed by atoms with E-state index < -0.39 is 27.4 Å². The molecule has 1 saturated carbocycles. The molecule has 2 N–H and O–H groups in total. The Labute approximate surface area is 181 Å². The van der Waals surface area contributed by atoms with Crippen molar-refractivity contribution in [3.8, 4) is 10.4 Å². The summed E-state index contributed by atoms with van der Waals surface area (Å²) < 4.78 is 33.5. The summed E-state index contributed by atoms with van der Waals surface area (Å²) in [5.41, 5.74) is 1.16. The van der Waals surface area contributed by atoms with Crippen molar-refractivity contribution in [2.24, 2.45) is 5.92 Å². The number of rotatable bonds is 6. The molecule has 2 heterocycles. The second kappa shape index (κ2) is 6.98. The molecule has 0 spiro atoms. The van der Waals surface area contributed by atoms with Crippen molar-refractivity contribution in [2.45, 2.75) is 22.6 Å². The van der Waals surface area contributed by atoms with Crippen molar-refractivity contribution in [1.82, 2.24) is 15.0 Å². The van der Waals surface area contributed by atoms with E-state index in [2.05, 4.69) is 15.0 Å². The Bertz CT molecular complexity index is 1400. The molecule has 1 aliphatic rings. The largest absolute Gasteiger partial charge is 0.480 e. The molecule has 0 aliphatic heterocycles. The van der Waals surface area contributed by atoms with Crippen LogP contribution in [0, 0.1) is 5.92 Å². The van der Waals surface area contributed by atoms with E-state index in [1.165, 1.54) is 6.07 Å². The van der Waals surface area contributed by atoms with Crippen LogP contribution in [0.15, 0.2) is 69.5 Å². The lowest BCUT2D eigenvalue weighted by Crippen LogP contribution is -2.45. The van der Waals surface area contributed by atoms with E-state index in [9.17, 15) is 18.3 Å². The molecule has 4 aromatic rings. The average molecular weight is 456 g/mol. The maximum Gasteiger partial charge on any atom is 0.325 e. The summed E-state index contributed by atoms with van der Waals surface area (Å²) in [5.74, 6) is -2.01. The van der Waals surface area contributed by atoms with Crippen molar-refractivity contribution in [2.75, 3.05) is 0 Å². The van der Waals surface area contributed by atoms with Gasteiger partial charge < -0.3 is 5.11 Å². The molecule has 1 unspecified atom stereocenters. The number of hydrogen-bond donors (Lipinski definition) is 2. The number of hydrogen-bond acceptors (Lipinski definition) is 7. The Morgan fingerprint density at radius 1 is 1.10 bits per heavy atom. The number of aromatic nitrogens is 2. The van der Waals surface area contributed by atoms with Gasteiger partial charge in [-0.2, -0.15) is 4.72 Å². The van der Waals surface area contributed by atoms with Crippen LogP contribution < -0.4 is 4.72 Å². The molecule has 10 heteroatoms. The van der Waals surface area contributed by atoms with Gasteiger partial charge in [0.15, 0.2) is 0 Å². The highest BCUT2D eigenvalue weighted by Crippen LogP contribution is 2.58. The fourth-order valence-electron chi connectivity index (χ4n) is 4.13. The zero-order chi connectivity index (χ0) is 21.8. The molecule has 0 radical (unpaired) electrons. The third-order valence-corrected chi connectivity index (χ3v) is 8.91. The second-order valence-electron chi connectivity index (χ2n) is 7.54. The maximum absolute atomic E-state index is 13.1. The van der Waals surface area contributed by atoms with Crippen molar-refractivity contribution >= 4 is 38.4 Å². The van der Waals surface area contributed by atoms with Gasteiger partial charge >= 0.3 is 5.97 Å². The van der Waals surface area contributed by atoms with Gasteiger partial charge in [0, 0.05) is 10.8 Å². The topological polar surface area (TPSA) is 122 Å². The molecule has 158 valence electrons. The molecular weight excluding hydrogens is 438 g/mol. The smallest absolute Gasteiger partial charge is 0.325 e. The molecule has 2 aromatic carbocycles. The van der Waals surface area contributed by atoms with Gasteiger partial charge in [0.1, 0.15) is 20.8 Å². The van der Waals surface area contributed by atoms with Gasteiger partial charge in [-0.05, 0) is 51.6 Å². The number of nitrogens with one attached hydrogen (secondary N) is 1. The molecule has 0 amide bonds. The van der Waals surface area contributed by atoms with Crippen molar-refractivity contribution in [3.63, 3.8) is 0 Å². The SMILES string of the molecule is CC1[C@H](c2ccccc2)[C@]1(NS(=O)(=O)c1ccc(-c2ccc3nonc3c2)s1)C(=O)O. The Morgan fingerprint density at radius 3 is 2.58 bits per heavy atom. The summed E-state index contributed by atoms with van der Waals surface area (Å²) in [6, 6.07) is 17.6. The minimum atomic E-state index is -4.05. The van der Waals surface area contributed by atoms with E-state index in [-0.39, 0.29) is 10.1 Å². The number of carboxylic acid groups (broad SMARTS) is 1. The van der Waals surface area contributed by atoms with Gasteiger partial charge in [-0.25, -0.2) is 13.0 Å². The van der Waals surface area contributed by atoms with Crippen LogP contribution in [-0.2, 0) is 14.8 Å². The van der Waals surface area contributed by atoms with E-state index >= 15 is 0 Å². The highest BCUT2D eigenvalue weighted by molar-refractivity contribution is 7.91. The monoisotopic (exact) mass is 455 g/mol. The van der Waals surface area contributed by atoms with Crippen LogP contribution >= 0.6 is 11.3 Å². The first kappa shape index (κ1) is 19.9. The highest BCUT2D eigenvalue weighted by atomic mass is 32.2. The van der Waals surface area contributed by atoms with Gasteiger partial charge in [0.25, 0.3) is 10.0 Å². The Morgan fingerprint density at radius 2 is 1.84 bits per heavy atom. The summed E-state index contributed by atoms with van der Waals surface area (Å²) in [6.07, 6.45) is 0. The lowest BCUT2D eigenvalue weighted by Gasteiger charge is -2.15. The molecule has 0 bridgehead atoms. The van der Waals surface area contributed by atoms with Gasteiger partial charge in [-0.15, -0.1) is 11.3 Å². The van der Waals surface area contributed by atoms with Crippen LogP contribution in [0.2, 0.25) is 0 Å². The predicted molar refractivity (Wildman–Crippen MR) is 114 cm³/mol. The van der Waals surface area contributed by atoms with Crippen LogP contribution in [-0.4, -0.2) is 35.3 Å². The van der Waals surface area contributed by atoms with Crippen molar-refractivity contribution in [3.05, 3.63) is 66.2 Å².